The number of aryl methyl sites for hydroxylation is 1. The van der Waals surface area contributed by atoms with Crippen molar-refractivity contribution in [3.05, 3.63) is 34.3 Å². The lowest BCUT2D eigenvalue weighted by Gasteiger charge is -2.18. The van der Waals surface area contributed by atoms with Gasteiger partial charge in [0.25, 0.3) is 0 Å². The van der Waals surface area contributed by atoms with E-state index in [1.807, 2.05) is 0 Å². The fraction of sp³-hybridized carbons (Fsp3) is 0.571. The van der Waals surface area contributed by atoms with E-state index in [1.165, 1.54) is 24.8 Å². The number of hydrogen-bond donors (Lipinski definition) is 0. The number of epoxide rings is 1. The van der Waals surface area contributed by atoms with Gasteiger partial charge in [-0.25, -0.2) is 0 Å². The zero-order chi connectivity index (χ0) is 11.2. The Morgan fingerprint density at radius 3 is 2.38 bits per heavy atom. The van der Waals surface area contributed by atoms with Gasteiger partial charge in [-0.15, -0.1) is 0 Å². The van der Waals surface area contributed by atoms with Gasteiger partial charge in [0.15, 0.2) is 0 Å². The average molecular weight is 281 g/mol. The van der Waals surface area contributed by atoms with Crippen LogP contribution >= 0.6 is 15.9 Å². The molecule has 16 heavy (non-hydrogen) atoms. The predicted molar refractivity (Wildman–Crippen MR) is 68.5 cm³/mol. The summed E-state index contributed by atoms with van der Waals surface area (Å²) in [7, 11) is 0. The van der Waals surface area contributed by atoms with E-state index in [0.717, 1.165) is 17.5 Å². The average Bonchev–Trinajstić information content (AvgIpc) is 3.15. The first-order chi connectivity index (χ1) is 7.64. The number of rotatable bonds is 4. The van der Waals surface area contributed by atoms with Crippen LogP contribution in [0.25, 0.3) is 0 Å². The highest BCUT2D eigenvalue weighted by Gasteiger charge is 2.63. The summed E-state index contributed by atoms with van der Waals surface area (Å²) < 4.78 is 6.91. The molecule has 0 radical (unpaired) electrons. The van der Waals surface area contributed by atoms with Gasteiger partial charge >= 0.3 is 0 Å². The molecule has 0 bridgehead atoms. The van der Waals surface area contributed by atoms with Crippen molar-refractivity contribution in [3.63, 3.8) is 0 Å². The van der Waals surface area contributed by atoms with Crippen molar-refractivity contribution in [2.24, 2.45) is 5.41 Å². The van der Waals surface area contributed by atoms with E-state index in [2.05, 4.69) is 47.1 Å². The fourth-order valence-electron chi connectivity index (χ4n) is 2.52. The molecular formula is C14H17BrO. The van der Waals surface area contributed by atoms with Crippen molar-refractivity contribution >= 4 is 15.9 Å². The molecule has 1 atom stereocenters. The highest BCUT2D eigenvalue weighted by Crippen LogP contribution is 2.62. The Hall–Kier alpha value is -0.340. The van der Waals surface area contributed by atoms with Gasteiger partial charge in [0.05, 0.1) is 12.2 Å². The number of benzene rings is 1. The summed E-state index contributed by atoms with van der Waals surface area (Å²) in [5.74, 6) is 0. The Balaban J connectivity index is 1.63. The molecule has 0 spiro atoms. The van der Waals surface area contributed by atoms with Crippen molar-refractivity contribution in [2.75, 3.05) is 6.61 Å². The maximum absolute atomic E-state index is 5.76. The van der Waals surface area contributed by atoms with Crippen molar-refractivity contribution in [1.82, 2.24) is 0 Å². The Labute approximate surface area is 105 Å². The fourth-order valence-corrected chi connectivity index (χ4v) is 2.79. The van der Waals surface area contributed by atoms with E-state index in [4.69, 9.17) is 4.74 Å². The first-order valence-electron chi connectivity index (χ1n) is 6.02. The minimum atomic E-state index is 0.236. The van der Waals surface area contributed by atoms with Crippen molar-refractivity contribution < 1.29 is 4.74 Å². The lowest BCUT2D eigenvalue weighted by Crippen LogP contribution is -2.24. The second-order valence-electron chi connectivity index (χ2n) is 5.47. The summed E-state index contributed by atoms with van der Waals surface area (Å²) in [6.07, 6.45) is 5.04. The van der Waals surface area contributed by atoms with Crippen LogP contribution in [0.2, 0.25) is 0 Å². The Morgan fingerprint density at radius 2 is 1.88 bits per heavy atom. The Kier molecular flexibility index (Phi) is 2.41. The second-order valence-corrected chi connectivity index (χ2v) is 6.39. The highest BCUT2D eigenvalue weighted by molar-refractivity contribution is 9.10. The van der Waals surface area contributed by atoms with Crippen LogP contribution in [0.1, 0.15) is 31.7 Å². The van der Waals surface area contributed by atoms with Crippen molar-refractivity contribution in [3.8, 4) is 0 Å². The lowest BCUT2D eigenvalue weighted by molar-refractivity contribution is 0.199. The van der Waals surface area contributed by atoms with Crippen LogP contribution in [-0.4, -0.2) is 12.2 Å². The minimum Gasteiger partial charge on any atom is -0.369 e. The maximum Gasteiger partial charge on any atom is 0.0972 e. The standard InChI is InChI=1S/C14H17BrO/c1-13(8-9-13)14(10-16-14)7-6-11-2-4-12(15)5-3-11/h2-5H,6-10H2,1H3. The third kappa shape index (κ3) is 1.82. The molecular weight excluding hydrogens is 264 g/mol. The second kappa shape index (κ2) is 3.58. The molecule has 1 aliphatic carbocycles. The van der Waals surface area contributed by atoms with Gasteiger partial charge in [-0.2, -0.15) is 0 Å². The Morgan fingerprint density at radius 1 is 1.25 bits per heavy atom. The number of ether oxygens (including phenoxy) is 1. The topological polar surface area (TPSA) is 12.5 Å². The predicted octanol–water partition coefficient (Wildman–Crippen LogP) is 3.95. The van der Waals surface area contributed by atoms with Gasteiger partial charge in [0, 0.05) is 4.47 Å². The zero-order valence-corrected chi connectivity index (χ0v) is 11.2. The van der Waals surface area contributed by atoms with E-state index in [9.17, 15) is 0 Å². The molecule has 0 amide bonds. The molecule has 1 aromatic carbocycles. The molecule has 86 valence electrons. The van der Waals surface area contributed by atoms with Crippen molar-refractivity contribution in [1.29, 1.82) is 0 Å². The summed E-state index contributed by atoms with van der Waals surface area (Å²) in [6.45, 7) is 3.36. The van der Waals surface area contributed by atoms with Gasteiger partial charge in [-0.3, -0.25) is 0 Å². The Bertz CT molecular complexity index is 388. The molecule has 3 rings (SSSR count). The van der Waals surface area contributed by atoms with E-state index in [0.29, 0.717) is 5.41 Å². The summed E-state index contributed by atoms with van der Waals surface area (Å²) in [5.41, 5.74) is 2.16. The van der Waals surface area contributed by atoms with Gasteiger partial charge in [-0.05, 0) is 48.8 Å². The molecule has 1 saturated carbocycles. The highest BCUT2D eigenvalue weighted by atomic mass is 79.9. The smallest absolute Gasteiger partial charge is 0.0972 e. The van der Waals surface area contributed by atoms with E-state index in [-0.39, 0.29) is 5.60 Å². The first kappa shape index (κ1) is 10.8. The van der Waals surface area contributed by atoms with Crippen LogP contribution in [-0.2, 0) is 11.2 Å². The zero-order valence-electron chi connectivity index (χ0n) is 9.63. The van der Waals surface area contributed by atoms with Crippen LogP contribution in [0.5, 0.6) is 0 Å². The molecule has 2 heteroatoms. The third-order valence-corrected chi connectivity index (χ3v) is 4.85. The van der Waals surface area contributed by atoms with E-state index in [1.54, 1.807) is 0 Å². The molecule has 0 aromatic heterocycles. The van der Waals surface area contributed by atoms with Crippen LogP contribution < -0.4 is 0 Å². The van der Waals surface area contributed by atoms with Gasteiger partial charge in [0.2, 0.25) is 0 Å². The van der Waals surface area contributed by atoms with E-state index >= 15 is 0 Å². The quantitative estimate of drug-likeness (QED) is 0.761. The number of halogens is 1. The largest absolute Gasteiger partial charge is 0.369 e. The minimum absolute atomic E-state index is 0.236. The molecule has 1 unspecified atom stereocenters. The molecule has 0 N–H and O–H groups in total. The molecule has 2 aliphatic rings. The van der Waals surface area contributed by atoms with Crippen LogP contribution in [0.3, 0.4) is 0 Å². The summed E-state index contributed by atoms with van der Waals surface area (Å²) >= 11 is 3.47. The van der Waals surface area contributed by atoms with Gasteiger partial charge in [-0.1, -0.05) is 35.0 Å². The van der Waals surface area contributed by atoms with Gasteiger partial charge in [0.1, 0.15) is 0 Å². The first-order valence-corrected chi connectivity index (χ1v) is 6.81. The van der Waals surface area contributed by atoms with Crippen molar-refractivity contribution in [2.45, 2.75) is 38.2 Å². The van der Waals surface area contributed by atoms with E-state index < -0.39 is 0 Å². The van der Waals surface area contributed by atoms with Crippen LogP contribution in [0, 0.1) is 5.41 Å². The molecule has 1 nitrogen and oxygen atoms in total. The monoisotopic (exact) mass is 280 g/mol. The molecule has 1 aliphatic heterocycles. The van der Waals surface area contributed by atoms with Crippen LogP contribution in [0.4, 0.5) is 0 Å². The molecule has 2 fully saturated rings. The summed E-state index contributed by atoms with van der Waals surface area (Å²) in [4.78, 5) is 0. The maximum atomic E-state index is 5.76. The normalized spacial score (nSPS) is 30.1. The summed E-state index contributed by atoms with van der Waals surface area (Å²) in [5, 5.41) is 0. The summed E-state index contributed by atoms with van der Waals surface area (Å²) in [6, 6.07) is 8.65. The van der Waals surface area contributed by atoms with Crippen LogP contribution in [0.15, 0.2) is 28.7 Å². The molecule has 1 heterocycles. The molecule has 1 aromatic rings. The third-order valence-electron chi connectivity index (χ3n) is 4.32. The lowest BCUT2D eigenvalue weighted by atomic mass is 9.86. The number of hydrogen-bond acceptors (Lipinski definition) is 1. The van der Waals surface area contributed by atoms with Gasteiger partial charge < -0.3 is 4.74 Å². The molecule has 1 saturated heterocycles. The SMILES string of the molecule is CC1(C2(CCc3ccc(Br)cc3)CO2)CC1.